The third-order valence-corrected chi connectivity index (χ3v) is 3.47. The number of ether oxygens (including phenoxy) is 1. The highest BCUT2D eigenvalue weighted by Gasteiger charge is 2.31. The van der Waals surface area contributed by atoms with Crippen LogP contribution in [0, 0.1) is 0 Å². The lowest BCUT2D eigenvalue weighted by atomic mass is 10.2. The van der Waals surface area contributed by atoms with Gasteiger partial charge in [0.1, 0.15) is 11.6 Å². The van der Waals surface area contributed by atoms with Gasteiger partial charge in [-0.2, -0.15) is 11.8 Å². The molecule has 1 aromatic heterocycles. The number of pyridine rings is 1. The predicted octanol–water partition coefficient (Wildman–Crippen LogP) is 3.53. The molecule has 1 N–H and O–H groups in total. The summed E-state index contributed by atoms with van der Waals surface area (Å²) in [6.45, 7) is 4.79. The highest BCUT2D eigenvalue weighted by Crippen LogP contribution is 2.24. The molecule has 0 saturated heterocycles. The molecule has 18 heavy (non-hydrogen) atoms. The van der Waals surface area contributed by atoms with E-state index < -0.39 is 6.36 Å². The van der Waals surface area contributed by atoms with Crippen molar-refractivity contribution in [1.82, 2.24) is 4.98 Å². The van der Waals surface area contributed by atoms with Crippen molar-refractivity contribution in [3.8, 4) is 5.75 Å². The van der Waals surface area contributed by atoms with Gasteiger partial charge in [-0.1, -0.05) is 0 Å². The Hall–Kier alpha value is -1.11. The Balaban J connectivity index is 2.56. The van der Waals surface area contributed by atoms with Gasteiger partial charge in [-0.25, -0.2) is 4.98 Å². The number of thioether (sulfide) groups is 1. The summed E-state index contributed by atoms with van der Waals surface area (Å²) >= 11 is 1.69. The molecule has 0 aliphatic rings. The average molecular weight is 280 g/mol. The van der Waals surface area contributed by atoms with E-state index in [0.29, 0.717) is 12.4 Å². The Morgan fingerprint density at radius 1 is 1.33 bits per heavy atom. The third-order valence-electron chi connectivity index (χ3n) is 2.22. The van der Waals surface area contributed by atoms with Gasteiger partial charge in [0.25, 0.3) is 0 Å². The summed E-state index contributed by atoms with van der Waals surface area (Å²) in [4.78, 5) is 3.85. The molecular formula is C11H15F3N2OS. The predicted molar refractivity (Wildman–Crippen MR) is 67.0 cm³/mol. The maximum absolute atomic E-state index is 11.9. The van der Waals surface area contributed by atoms with Gasteiger partial charge in [0, 0.05) is 11.3 Å². The van der Waals surface area contributed by atoms with E-state index in [1.54, 1.807) is 11.8 Å². The Kier molecular flexibility index (Phi) is 4.72. The Morgan fingerprint density at radius 2 is 2.00 bits per heavy atom. The van der Waals surface area contributed by atoms with Crippen LogP contribution in [-0.4, -0.2) is 28.9 Å². The second-order valence-corrected chi connectivity index (χ2v) is 5.76. The summed E-state index contributed by atoms with van der Waals surface area (Å²) in [5.74, 6) is 0.198. The van der Waals surface area contributed by atoms with Crippen LogP contribution in [0.4, 0.5) is 19.0 Å². The van der Waals surface area contributed by atoms with Crippen molar-refractivity contribution >= 4 is 17.6 Å². The van der Waals surface area contributed by atoms with E-state index >= 15 is 0 Å². The van der Waals surface area contributed by atoms with E-state index in [0.717, 1.165) is 6.20 Å². The molecule has 0 amide bonds. The lowest BCUT2D eigenvalue weighted by Crippen LogP contribution is -2.26. The number of hydrogen-bond donors (Lipinski definition) is 1. The second-order valence-electron chi connectivity index (χ2n) is 4.24. The Morgan fingerprint density at radius 3 is 2.44 bits per heavy atom. The minimum absolute atomic E-state index is 0.0306. The van der Waals surface area contributed by atoms with Gasteiger partial charge >= 0.3 is 6.36 Å². The standard InChI is InChI=1S/C11H15F3N2OS/c1-10(2,18-3)7-16-9-5-4-8(6-15-9)17-11(12,13)14/h4-6H,7H2,1-3H3,(H,15,16). The summed E-state index contributed by atoms with van der Waals surface area (Å²) in [5.41, 5.74) is 0. The zero-order valence-corrected chi connectivity index (χ0v) is 11.2. The first-order chi connectivity index (χ1) is 8.22. The van der Waals surface area contributed by atoms with Crippen LogP contribution in [0.5, 0.6) is 5.75 Å². The van der Waals surface area contributed by atoms with Gasteiger partial charge in [-0.15, -0.1) is 13.2 Å². The summed E-state index contributed by atoms with van der Waals surface area (Å²) < 4.78 is 39.5. The molecule has 3 nitrogen and oxygen atoms in total. The van der Waals surface area contributed by atoms with E-state index in [9.17, 15) is 13.2 Å². The van der Waals surface area contributed by atoms with Crippen molar-refractivity contribution in [3.05, 3.63) is 18.3 Å². The fourth-order valence-electron chi connectivity index (χ4n) is 1.05. The average Bonchev–Trinajstić information content (AvgIpc) is 2.26. The van der Waals surface area contributed by atoms with Crippen LogP contribution >= 0.6 is 11.8 Å². The van der Waals surface area contributed by atoms with Crippen molar-refractivity contribution in [2.24, 2.45) is 0 Å². The van der Waals surface area contributed by atoms with E-state index in [-0.39, 0.29) is 10.5 Å². The molecule has 0 fully saturated rings. The van der Waals surface area contributed by atoms with Gasteiger partial charge < -0.3 is 10.1 Å². The number of anilines is 1. The van der Waals surface area contributed by atoms with Crippen LogP contribution < -0.4 is 10.1 Å². The van der Waals surface area contributed by atoms with Gasteiger partial charge in [-0.05, 0) is 32.2 Å². The van der Waals surface area contributed by atoms with Crippen LogP contribution in [0.2, 0.25) is 0 Å². The molecule has 0 spiro atoms. The van der Waals surface area contributed by atoms with Crippen molar-refractivity contribution in [3.63, 3.8) is 0 Å². The number of aromatic nitrogens is 1. The van der Waals surface area contributed by atoms with Crippen LogP contribution in [0.3, 0.4) is 0 Å². The molecule has 0 unspecified atom stereocenters. The van der Waals surface area contributed by atoms with Crippen LogP contribution in [0.15, 0.2) is 18.3 Å². The van der Waals surface area contributed by atoms with Crippen molar-refractivity contribution < 1.29 is 17.9 Å². The molecule has 0 radical (unpaired) electrons. The maximum Gasteiger partial charge on any atom is 0.573 e. The minimum Gasteiger partial charge on any atom is -0.404 e. The Labute approximate surface area is 108 Å². The summed E-state index contributed by atoms with van der Waals surface area (Å²) in [7, 11) is 0. The second kappa shape index (κ2) is 5.69. The molecule has 0 aromatic carbocycles. The monoisotopic (exact) mass is 280 g/mol. The molecule has 7 heteroatoms. The summed E-state index contributed by atoms with van der Waals surface area (Å²) in [6, 6.07) is 2.69. The molecule has 1 heterocycles. The van der Waals surface area contributed by atoms with Gasteiger partial charge in [0.05, 0.1) is 6.20 Å². The number of rotatable bonds is 5. The van der Waals surface area contributed by atoms with Gasteiger partial charge in [-0.3, -0.25) is 0 Å². The summed E-state index contributed by atoms with van der Waals surface area (Å²) in [6.07, 6.45) is -1.64. The first-order valence-electron chi connectivity index (χ1n) is 5.23. The summed E-state index contributed by atoms with van der Waals surface area (Å²) in [5, 5.41) is 3.06. The van der Waals surface area contributed by atoms with Crippen molar-refractivity contribution in [2.45, 2.75) is 25.0 Å². The smallest absolute Gasteiger partial charge is 0.404 e. The van der Waals surface area contributed by atoms with E-state index in [1.807, 2.05) is 6.26 Å². The topological polar surface area (TPSA) is 34.1 Å². The fraction of sp³-hybridized carbons (Fsp3) is 0.545. The lowest BCUT2D eigenvalue weighted by molar-refractivity contribution is -0.274. The van der Waals surface area contributed by atoms with Gasteiger partial charge in [0.15, 0.2) is 0 Å². The maximum atomic E-state index is 11.9. The molecule has 0 aliphatic heterocycles. The molecule has 1 rings (SSSR count). The number of nitrogens with one attached hydrogen (secondary N) is 1. The quantitative estimate of drug-likeness (QED) is 0.894. The lowest BCUT2D eigenvalue weighted by Gasteiger charge is -2.22. The van der Waals surface area contributed by atoms with Crippen LogP contribution in [-0.2, 0) is 0 Å². The Bertz CT molecular complexity index is 379. The fourth-order valence-corrected chi connectivity index (χ4v) is 1.27. The van der Waals surface area contributed by atoms with E-state index in [2.05, 4.69) is 28.9 Å². The zero-order valence-electron chi connectivity index (χ0n) is 10.3. The highest BCUT2D eigenvalue weighted by molar-refractivity contribution is 7.99. The molecule has 0 bridgehead atoms. The highest BCUT2D eigenvalue weighted by atomic mass is 32.2. The minimum atomic E-state index is -4.68. The van der Waals surface area contributed by atoms with Crippen LogP contribution in [0.1, 0.15) is 13.8 Å². The molecule has 0 saturated carbocycles. The largest absolute Gasteiger partial charge is 0.573 e. The first-order valence-corrected chi connectivity index (χ1v) is 6.45. The molecule has 102 valence electrons. The number of halogens is 3. The zero-order chi connectivity index (χ0) is 13.8. The van der Waals surface area contributed by atoms with E-state index in [4.69, 9.17) is 0 Å². The molecule has 1 aromatic rings. The van der Waals surface area contributed by atoms with Crippen LogP contribution in [0.25, 0.3) is 0 Å². The first kappa shape index (κ1) is 14.9. The third kappa shape index (κ3) is 5.48. The van der Waals surface area contributed by atoms with Gasteiger partial charge in [0.2, 0.25) is 0 Å². The number of hydrogen-bond acceptors (Lipinski definition) is 4. The molecule has 0 atom stereocenters. The van der Waals surface area contributed by atoms with E-state index in [1.165, 1.54) is 12.1 Å². The van der Waals surface area contributed by atoms with Crippen molar-refractivity contribution in [2.75, 3.05) is 18.1 Å². The molecule has 0 aliphatic carbocycles. The van der Waals surface area contributed by atoms with Crippen molar-refractivity contribution in [1.29, 1.82) is 0 Å². The number of alkyl halides is 3. The number of nitrogens with zero attached hydrogens (tertiary/aromatic N) is 1. The molecular weight excluding hydrogens is 265 g/mol. The SMILES string of the molecule is CSC(C)(C)CNc1ccc(OC(F)(F)F)cn1. The normalized spacial score (nSPS) is 12.3.